The molecule has 0 unspecified atom stereocenters. The zero-order valence-electron chi connectivity index (χ0n) is 17.5. The molecule has 160 valence electrons. The molecule has 1 N–H and O–H groups in total. The Labute approximate surface area is 181 Å². The lowest BCUT2D eigenvalue weighted by Gasteiger charge is -2.19. The maximum Gasteiger partial charge on any atom is 0.339 e. The summed E-state index contributed by atoms with van der Waals surface area (Å²) in [6.07, 6.45) is -0.155. The standard InChI is InChI=1S/C24H23NO5S/c1-16-12-13-17(2)21(14-16)25-23(26)22(18-8-5-4-6-9-18)30-24(27)19-10-7-11-20(15-19)31(3,28)29/h4-15,22H,1-3H3,(H,25,26)/t22-/m1/s1. The molecule has 0 saturated heterocycles. The van der Waals surface area contributed by atoms with E-state index in [0.717, 1.165) is 17.4 Å². The summed E-state index contributed by atoms with van der Waals surface area (Å²) in [5.74, 6) is -1.30. The summed E-state index contributed by atoms with van der Waals surface area (Å²) in [4.78, 5) is 25.9. The third kappa shape index (κ3) is 5.58. The van der Waals surface area contributed by atoms with Crippen LogP contribution in [0, 0.1) is 13.8 Å². The van der Waals surface area contributed by atoms with Gasteiger partial charge in [-0.05, 0) is 49.2 Å². The topological polar surface area (TPSA) is 89.5 Å². The number of hydrogen-bond donors (Lipinski definition) is 1. The molecule has 0 aliphatic rings. The number of ether oxygens (including phenoxy) is 1. The minimum absolute atomic E-state index is 0.00181. The number of anilines is 1. The molecule has 3 rings (SSSR count). The molecule has 3 aromatic rings. The van der Waals surface area contributed by atoms with Gasteiger partial charge in [-0.3, -0.25) is 4.79 Å². The highest BCUT2D eigenvalue weighted by Crippen LogP contribution is 2.24. The maximum atomic E-state index is 13.1. The quantitative estimate of drug-likeness (QED) is 0.583. The van der Waals surface area contributed by atoms with E-state index < -0.39 is 27.8 Å². The van der Waals surface area contributed by atoms with Gasteiger partial charge in [-0.25, -0.2) is 13.2 Å². The molecule has 3 aromatic carbocycles. The first-order valence-electron chi connectivity index (χ1n) is 9.59. The number of aryl methyl sites for hydroxylation is 2. The number of sulfone groups is 1. The molecule has 0 aromatic heterocycles. The van der Waals surface area contributed by atoms with Crippen LogP contribution >= 0.6 is 0 Å². The van der Waals surface area contributed by atoms with Crippen LogP contribution in [0.2, 0.25) is 0 Å². The van der Waals surface area contributed by atoms with E-state index >= 15 is 0 Å². The van der Waals surface area contributed by atoms with Gasteiger partial charge in [0.1, 0.15) is 0 Å². The van der Waals surface area contributed by atoms with Crippen LogP contribution in [0.5, 0.6) is 0 Å². The first kappa shape index (κ1) is 22.2. The minimum Gasteiger partial charge on any atom is -0.444 e. The fourth-order valence-corrected chi connectivity index (χ4v) is 3.67. The average molecular weight is 438 g/mol. The van der Waals surface area contributed by atoms with E-state index in [2.05, 4.69) is 5.32 Å². The van der Waals surface area contributed by atoms with Crippen LogP contribution in [-0.4, -0.2) is 26.6 Å². The second-order valence-corrected chi connectivity index (χ2v) is 9.32. The molecule has 31 heavy (non-hydrogen) atoms. The van der Waals surface area contributed by atoms with Crippen molar-refractivity contribution in [1.82, 2.24) is 0 Å². The molecule has 0 fully saturated rings. The van der Waals surface area contributed by atoms with E-state index in [-0.39, 0.29) is 10.5 Å². The summed E-state index contributed by atoms with van der Waals surface area (Å²) in [6, 6.07) is 19.9. The normalized spacial score (nSPS) is 12.1. The van der Waals surface area contributed by atoms with Crippen molar-refractivity contribution in [3.05, 3.63) is 95.1 Å². The smallest absolute Gasteiger partial charge is 0.339 e. The molecule has 0 aliphatic heterocycles. The molecule has 0 aliphatic carbocycles. The summed E-state index contributed by atoms with van der Waals surface area (Å²) >= 11 is 0. The minimum atomic E-state index is -3.49. The van der Waals surface area contributed by atoms with Gasteiger partial charge >= 0.3 is 5.97 Å². The van der Waals surface area contributed by atoms with Gasteiger partial charge < -0.3 is 10.1 Å². The predicted octanol–water partition coefficient (Wildman–Crippen LogP) is 4.24. The molecular weight excluding hydrogens is 414 g/mol. The molecule has 6 nitrogen and oxygen atoms in total. The Balaban J connectivity index is 1.91. The predicted molar refractivity (Wildman–Crippen MR) is 119 cm³/mol. The average Bonchev–Trinajstić information content (AvgIpc) is 2.74. The molecule has 1 amide bonds. The zero-order valence-corrected chi connectivity index (χ0v) is 18.3. The van der Waals surface area contributed by atoms with Crippen LogP contribution < -0.4 is 5.32 Å². The number of rotatable bonds is 6. The molecular formula is C24H23NO5S. The molecule has 1 atom stereocenters. The number of esters is 1. The largest absolute Gasteiger partial charge is 0.444 e. The summed E-state index contributed by atoms with van der Waals surface area (Å²) in [5.41, 5.74) is 3.02. The van der Waals surface area contributed by atoms with Crippen molar-refractivity contribution in [2.75, 3.05) is 11.6 Å². The lowest BCUT2D eigenvalue weighted by atomic mass is 10.1. The summed E-state index contributed by atoms with van der Waals surface area (Å²) in [5, 5.41) is 2.83. The van der Waals surface area contributed by atoms with Crippen LogP contribution in [0.25, 0.3) is 0 Å². The van der Waals surface area contributed by atoms with E-state index in [1.165, 1.54) is 24.3 Å². The van der Waals surface area contributed by atoms with Gasteiger partial charge in [0.05, 0.1) is 10.5 Å². The fourth-order valence-electron chi connectivity index (χ4n) is 3.00. The van der Waals surface area contributed by atoms with Crippen molar-refractivity contribution in [3.63, 3.8) is 0 Å². The molecule has 0 saturated carbocycles. The molecule has 7 heteroatoms. The zero-order chi connectivity index (χ0) is 22.6. The summed E-state index contributed by atoms with van der Waals surface area (Å²) < 4.78 is 29.2. The van der Waals surface area contributed by atoms with Gasteiger partial charge in [-0.2, -0.15) is 0 Å². The SMILES string of the molecule is Cc1ccc(C)c(NC(=O)[C@H](OC(=O)c2cccc(S(C)(=O)=O)c2)c2ccccc2)c1. The van der Waals surface area contributed by atoms with Gasteiger partial charge in [-0.15, -0.1) is 0 Å². The Morgan fingerprint density at radius 2 is 1.61 bits per heavy atom. The monoisotopic (exact) mass is 437 g/mol. The molecule has 0 heterocycles. The van der Waals surface area contributed by atoms with Crippen LogP contribution in [0.1, 0.15) is 33.2 Å². The Bertz CT molecular complexity index is 1220. The van der Waals surface area contributed by atoms with E-state index in [1.54, 1.807) is 30.3 Å². The summed E-state index contributed by atoms with van der Waals surface area (Å²) in [6.45, 7) is 3.79. The number of carbonyl (C=O) groups excluding carboxylic acids is 2. The van der Waals surface area contributed by atoms with Crippen LogP contribution in [-0.2, 0) is 19.4 Å². The van der Waals surface area contributed by atoms with Gasteiger partial charge in [0.2, 0.25) is 6.10 Å². The van der Waals surface area contributed by atoms with Crippen molar-refractivity contribution in [1.29, 1.82) is 0 Å². The lowest BCUT2D eigenvalue weighted by molar-refractivity contribution is -0.125. The number of amides is 1. The second-order valence-electron chi connectivity index (χ2n) is 7.30. The van der Waals surface area contributed by atoms with Gasteiger partial charge in [0, 0.05) is 17.5 Å². The highest BCUT2D eigenvalue weighted by Gasteiger charge is 2.26. The Morgan fingerprint density at radius 3 is 2.29 bits per heavy atom. The van der Waals surface area contributed by atoms with Crippen LogP contribution in [0.4, 0.5) is 5.69 Å². The highest BCUT2D eigenvalue weighted by molar-refractivity contribution is 7.90. The van der Waals surface area contributed by atoms with Gasteiger partial charge in [-0.1, -0.05) is 48.5 Å². The van der Waals surface area contributed by atoms with Gasteiger partial charge in [0.15, 0.2) is 9.84 Å². The highest BCUT2D eigenvalue weighted by atomic mass is 32.2. The first-order valence-corrected chi connectivity index (χ1v) is 11.5. The molecule has 0 spiro atoms. The van der Waals surface area contributed by atoms with Crippen molar-refractivity contribution < 1.29 is 22.7 Å². The van der Waals surface area contributed by atoms with E-state index in [4.69, 9.17) is 4.74 Å². The molecule has 0 radical (unpaired) electrons. The fraction of sp³-hybridized carbons (Fsp3) is 0.167. The Kier molecular flexibility index (Phi) is 6.56. The maximum absolute atomic E-state index is 13.1. The van der Waals surface area contributed by atoms with E-state index in [9.17, 15) is 18.0 Å². The van der Waals surface area contributed by atoms with Gasteiger partial charge in [0.25, 0.3) is 5.91 Å². The first-order chi connectivity index (χ1) is 14.6. The lowest BCUT2D eigenvalue weighted by Crippen LogP contribution is -2.26. The van der Waals surface area contributed by atoms with Crippen molar-refractivity contribution in [3.8, 4) is 0 Å². The third-order valence-corrected chi connectivity index (χ3v) is 5.82. The second kappa shape index (κ2) is 9.14. The van der Waals surface area contributed by atoms with Crippen molar-refractivity contribution >= 4 is 27.4 Å². The van der Waals surface area contributed by atoms with Crippen LogP contribution in [0.3, 0.4) is 0 Å². The Morgan fingerprint density at radius 1 is 0.903 bits per heavy atom. The summed E-state index contributed by atoms with van der Waals surface area (Å²) in [7, 11) is -3.49. The number of carbonyl (C=O) groups is 2. The Hall–Kier alpha value is -3.45. The van der Waals surface area contributed by atoms with E-state index in [0.29, 0.717) is 11.3 Å². The number of benzene rings is 3. The molecule has 0 bridgehead atoms. The van der Waals surface area contributed by atoms with Crippen molar-refractivity contribution in [2.24, 2.45) is 0 Å². The van der Waals surface area contributed by atoms with E-state index in [1.807, 2.05) is 32.0 Å². The van der Waals surface area contributed by atoms with Crippen molar-refractivity contribution in [2.45, 2.75) is 24.8 Å². The van der Waals surface area contributed by atoms with Crippen LogP contribution in [0.15, 0.2) is 77.7 Å². The number of nitrogens with one attached hydrogen (secondary N) is 1. The number of hydrogen-bond acceptors (Lipinski definition) is 5. The third-order valence-electron chi connectivity index (χ3n) is 4.71.